The van der Waals surface area contributed by atoms with E-state index in [1.54, 1.807) is 24.3 Å². The first kappa shape index (κ1) is 17.4. The summed E-state index contributed by atoms with van der Waals surface area (Å²) in [5.41, 5.74) is 1.22. The van der Waals surface area contributed by atoms with Gasteiger partial charge < -0.3 is 0 Å². The zero-order chi connectivity index (χ0) is 17.5. The quantitative estimate of drug-likeness (QED) is 0.804. The Morgan fingerprint density at radius 3 is 2.46 bits per heavy atom. The number of nitrogens with one attached hydrogen (secondary N) is 1. The summed E-state index contributed by atoms with van der Waals surface area (Å²) in [4.78, 5) is 0.321. The Balaban J connectivity index is 2.04. The van der Waals surface area contributed by atoms with E-state index in [4.69, 9.17) is 0 Å². The molecule has 1 aliphatic rings. The summed E-state index contributed by atoms with van der Waals surface area (Å²) in [6.45, 7) is 0.285. The lowest BCUT2D eigenvalue weighted by Gasteiger charge is -2.20. The Morgan fingerprint density at radius 2 is 1.79 bits per heavy atom. The van der Waals surface area contributed by atoms with Crippen molar-refractivity contribution >= 4 is 41.7 Å². The van der Waals surface area contributed by atoms with Crippen molar-refractivity contribution < 1.29 is 16.8 Å². The van der Waals surface area contributed by atoms with Crippen molar-refractivity contribution in [1.29, 1.82) is 0 Å². The smallest absolute Gasteiger partial charge is 0.264 e. The van der Waals surface area contributed by atoms with Gasteiger partial charge in [0.15, 0.2) is 0 Å². The zero-order valence-corrected chi connectivity index (χ0v) is 15.9. The van der Waals surface area contributed by atoms with Crippen molar-refractivity contribution in [1.82, 2.24) is 4.72 Å². The molecule has 0 bridgehead atoms. The molecule has 2 aromatic carbocycles. The Hall–Kier alpha value is -1.42. The molecule has 0 aromatic heterocycles. The molecule has 1 aliphatic heterocycles. The summed E-state index contributed by atoms with van der Waals surface area (Å²) in [6.07, 6.45) is 0.468. The maximum absolute atomic E-state index is 12.9. The van der Waals surface area contributed by atoms with Crippen LogP contribution in [-0.4, -0.2) is 30.4 Å². The fourth-order valence-corrected chi connectivity index (χ4v) is 5.52. The summed E-state index contributed by atoms with van der Waals surface area (Å²) in [6, 6.07) is 11.0. The highest BCUT2D eigenvalue weighted by Gasteiger charge is 2.31. The number of halogens is 1. The normalized spacial score (nSPS) is 14.7. The van der Waals surface area contributed by atoms with E-state index in [0.29, 0.717) is 22.1 Å². The van der Waals surface area contributed by atoms with Crippen LogP contribution >= 0.6 is 15.9 Å². The molecule has 24 heavy (non-hydrogen) atoms. The molecule has 0 saturated carbocycles. The Bertz CT molecular complexity index is 1000. The summed E-state index contributed by atoms with van der Waals surface area (Å²) in [7, 11) is -5.91. The van der Waals surface area contributed by atoms with Crippen LogP contribution in [0.25, 0.3) is 0 Å². The van der Waals surface area contributed by atoms with Crippen molar-refractivity contribution in [2.45, 2.75) is 16.2 Å². The van der Waals surface area contributed by atoms with Gasteiger partial charge in [-0.05, 0) is 55.4 Å². The molecule has 0 radical (unpaired) electrons. The number of benzene rings is 2. The number of fused-ring (bicyclic) bond motifs is 1. The first-order valence-corrected chi connectivity index (χ1v) is 10.8. The molecule has 0 saturated heterocycles. The summed E-state index contributed by atoms with van der Waals surface area (Å²) >= 11 is 3.28. The molecule has 6 nitrogen and oxygen atoms in total. The number of nitrogens with zero attached hydrogens (tertiary/aromatic N) is 1. The van der Waals surface area contributed by atoms with Gasteiger partial charge in [0.2, 0.25) is 10.0 Å². The second-order valence-corrected chi connectivity index (χ2v) is 9.95. The van der Waals surface area contributed by atoms with E-state index in [9.17, 15) is 16.8 Å². The topological polar surface area (TPSA) is 83.6 Å². The van der Waals surface area contributed by atoms with Crippen molar-refractivity contribution in [2.75, 3.05) is 17.9 Å². The third-order valence-corrected chi connectivity index (χ3v) is 7.58. The standard InChI is InChI=1S/C15H15BrN2O4S2/c1-17-23(19,20)13-5-6-15-11(9-13)7-8-18(15)24(21,22)14-4-2-3-12(16)10-14/h2-6,9-10,17H,7-8H2,1H3. The van der Waals surface area contributed by atoms with E-state index in [1.807, 2.05) is 0 Å². The SMILES string of the molecule is CNS(=O)(=O)c1ccc2c(c1)CCN2S(=O)(=O)c1cccc(Br)c1. The zero-order valence-electron chi connectivity index (χ0n) is 12.7. The van der Waals surface area contributed by atoms with Gasteiger partial charge in [-0.3, -0.25) is 4.31 Å². The van der Waals surface area contributed by atoms with Gasteiger partial charge in [-0.25, -0.2) is 21.6 Å². The fraction of sp³-hybridized carbons (Fsp3) is 0.200. The van der Waals surface area contributed by atoms with Crippen LogP contribution in [0.3, 0.4) is 0 Å². The van der Waals surface area contributed by atoms with Crippen LogP contribution in [0.4, 0.5) is 5.69 Å². The minimum Gasteiger partial charge on any atom is -0.266 e. The molecule has 0 amide bonds. The van der Waals surface area contributed by atoms with Crippen LogP contribution < -0.4 is 9.03 Å². The lowest BCUT2D eigenvalue weighted by atomic mass is 10.2. The average Bonchev–Trinajstić information content (AvgIpc) is 2.98. The Morgan fingerprint density at radius 1 is 1.04 bits per heavy atom. The molecule has 0 atom stereocenters. The van der Waals surface area contributed by atoms with E-state index in [2.05, 4.69) is 20.7 Å². The van der Waals surface area contributed by atoms with Gasteiger partial charge in [-0.15, -0.1) is 0 Å². The van der Waals surface area contributed by atoms with Crippen LogP contribution in [0.15, 0.2) is 56.7 Å². The summed E-state index contributed by atoms with van der Waals surface area (Å²) < 4.78 is 53.8. The minimum atomic E-state index is -3.69. The highest BCUT2D eigenvalue weighted by Crippen LogP contribution is 2.34. The van der Waals surface area contributed by atoms with Gasteiger partial charge >= 0.3 is 0 Å². The number of hydrogen-bond donors (Lipinski definition) is 1. The molecule has 0 unspecified atom stereocenters. The molecule has 1 heterocycles. The maximum Gasteiger partial charge on any atom is 0.264 e. The predicted molar refractivity (Wildman–Crippen MR) is 95.1 cm³/mol. The highest BCUT2D eigenvalue weighted by atomic mass is 79.9. The van der Waals surface area contributed by atoms with Crippen molar-refractivity contribution in [3.63, 3.8) is 0 Å². The van der Waals surface area contributed by atoms with Crippen molar-refractivity contribution in [2.24, 2.45) is 0 Å². The highest BCUT2D eigenvalue weighted by molar-refractivity contribution is 9.10. The third-order valence-electron chi connectivity index (χ3n) is 3.87. The Labute approximate surface area is 149 Å². The van der Waals surface area contributed by atoms with E-state index < -0.39 is 20.0 Å². The van der Waals surface area contributed by atoms with Gasteiger partial charge in [-0.1, -0.05) is 22.0 Å². The van der Waals surface area contributed by atoms with Crippen molar-refractivity contribution in [3.05, 3.63) is 52.5 Å². The van der Waals surface area contributed by atoms with Crippen LogP contribution in [0, 0.1) is 0 Å². The van der Waals surface area contributed by atoms with E-state index in [-0.39, 0.29) is 16.3 Å². The van der Waals surface area contributed by atoms with E-state index >= 15 is 0 Å². The summed E-state index contributed by atoms with van der Waals surface area (Å²) in [5.74, 6) is 0. The molecular weight excluding hydrogens is 416 g/mol. The average molecular weight is 431 g/mol. The fourth-order valence-electron chi connectivity index (χ4n) is 2.64. The molecule has 1 N–H and O–H groups in total. The second-order valence-electron chi connectivity index (χ2n) is 5.28. The lowest BCUT2D eigenvalue weighted by molar-refractivity contribution is 0.587. The number of sulfonamides is 2. The summed E-state index contributed by atoms with van der Waals surface area (Å²) in [5, 5.41) is 0. The van der Waals surface area contributed by atoms with E-state index in [1.165, 1.54) is 29.6 Å². The second kappa shape index (κ2) is 6.14. The van der Waals surface area contributed by atoms with Crippen LogP contribution in [0.2, 0.25) is 0 Å². The largest absolute Gasteiger partial charge is 0.266 e. The monoisotopic (exact) mass is 430 g/mol. The van der Waals surface area contributed by atoms with Crippen LogP contribution in [0.5, 0.6) is 0 Å². The van der Waals surface area contributed by atoms with E-state index in [0.717, 1.165) is 0 Å². The van der Waals surface area contributed by atoms with Gasteiger partial charge in [0.1, 0.15) is 0 Å². The molecule has 9 heteroatoms. The molecular formula is C15H15BrN2O4S2. The minimum absolute atomic E-state index is 0.130. The predicted octanol–water partition coefficient (Wildman–Crippen LogP) is 2.11. The van der Waals surface area contributed by atoms with Crippen LogP contribution in [0.1, 0.15) is 5.56 Å². The third kappa shape index (κ3) is 2.97. The van der Waals surface area contributed by atoms with Gasteiger partial charge in [0.25, 0.3) is 10.0 Å². The molecule has 2 aromatic rings. The number of anilines is 1. The maximum atomic E-state index is 12.9. The van der Waals surface area contributed by atoms with Gasteiger partial charge in [0.05, 0.1) is 15.5 Å². The molecule has 0 spiro atoms. The lowest BCUT2D eigenvalue weighted by Crippen LogP contribution is -2.29. The first-order valence-electron chi connectivity index (χ1n) is 7.10. The molecule has 0 aliphatic carbocycles. The Kier molecular flexibility index (Phi) is 4.45. The van der Waals surface area contributed by atoms with Gasteiger partial charge in [-0.2, -0.15) is 0 Å². The first-order chi connectivity index (χ1) is 11.3. The molecule has 3 rings (SSSR count). The van der Waals surface area contributed by atoms with Crippen LogP contribution in [-0.2, 0) is 26.5 Å². The number of rotatable bonds is 4. The molecule has 0 fully saturated rings. The van der Waals surface area contributed by atoms with Crippen molar-refractivity contribution in [3.8, 4) is 0 Å². The molecule has 128 valence electrons. The van der Waals surface area contributed by atoms with Gasteiger partial charge in [0, 0.05) is 11.0 Å². The number of hydrogen-bond acceptors (Lipinski definition) is 4.